The molecule has 1 heterocycles. The van der Waals surface area contributed by atoms with E-state index in [4.69, 9.17) is 23.2 Å². The zero-order chi connectivity index (χ0) is 17.0. The fourth-order valence-corrected chi connectivity index (χ4v) is 1.97. The van der Waals surface area contributed by atoms with Crippen LogP contribution in [0.3, 0.4) is 0 Å². The molecule has 2 rings (SSSR count). The minimum absolute atomic E-state index is 0.221. The summed E-state index contributed by atoms with van der Waals surface area (Å²) in [4.78, 5) is 32.9. The lowest BCUT2D eigenvalue weighted by Crippen LogP contribution is -2.20. The van der Waals surface area contributed by atoms with Gasteiger partial charge in [-0.2, -0.15) is 0 Å². The Morgan fingerprint density at radius 1 is 1.26 bits per heavy atom. The number of esters is 1. The second-order valence-electron chi connectivity index (χ2n) is 4.14. The summed E-state index contributed by atoms with van der Waals surface area (Å²) in [6.07, 6.45) is 0. The van der Waals surface area contributed by atoms with Crippen molar-refractivity contribution in [2.45, 2.75) is 0 Å². The Kier molecular flexibility index (Phi) is 5.20. The summed E-state index contributed by atoms with van der Waals surface area (Å²) in [7, 11) is 0. The third-order valence-corrected chi connectivity index (χ3v) is 3.06. The van der Waals surface area contributed by atoms with E-state index in [2.05, 4.69) is 14.5 Å². The molecule has 0 spiro atoms. The van der Waals surface area contributed by atoms with Crippen LogP contribution in [0.1, 0.15) is 10.6 Å². The van der Waals surface area contributed by atoms with Crippen molar-refractivity contribution >= 4 is 46.6 Å². The number of carbonyl (C=O) groups is 2. The zero-order valence-electron chi connectivity index (χ0n) is 11.2. The lowest BCUT2D eigenvalue weighted by Gasteiger charge is -2.07. The van der Waals surface area contributed by atoms with Crippen molar-refractivity contribution in [3.05, 3.63) is 56.3 Å². The number of amides is 1. The number of benzene rings is 1. The third-order valence-electron chi connectivity index (χ3n) is 2.51. The van der Waals surface area contributed by atoms with Crippen LogP contribution in [-0.2, 0) is 9.53 Å². The second-order valence-corrected chi connectivity index (χ2v) is 4.99. The number of carbonyl (C=O) groups excluding carboxylic acids is 2. The molecule has 0 unspecified atom stereocenters. The van der Waals surface area contributed by atoms with E-state index in [0.29, 0.717) is 10.7 Å². The van der Waals surface area contributed by atoms with E-state index in [-0.39, 0.29) is 10.8 Å². The Labute approximate surface area is 139 Å². The van der Waals surface area contributed by atoms with Gasteiger partial charge in [0.15, 0.2) is 6.61 Å². The summed E-state index contributed by atoms with van der Waals surface area (Å²) in [6.45, 7) is -0.619. The normalized spacial score (nSPS) is 10.2. The number of halogens is 2. The van der Waals surface area contributed by atoms with Gasteiger partial charge < -0.3 is 14.5 Å². The van der Waals surface area contributed by atoms with E-state index < -0.39 is 29.3 Å². The summed E-state index contributed by atoms with van der Waals surface area (Å²) < 4.78 is 9.33. The van der Waals surface area contributed by atoms with Crippen LogP contribution in [0.4, 0.5) is 11.6 Å². The van der Waals surface area contributed by atoms with Gasteiger partial charge in [-0.25, -0.2) is 4.79 Å². The van der Waals surface area contributed by atoms with E-state index in [1.54, 1.807) is 0 Å². The van der Waals surface area contributed by atoms with E-state index in [0.717, 1.165) is 12.1 Å². The van der Waals surface area contributed by atoms with E-state index >= 15 is 0 Å². The smallest absolute Gasteiger partial charge is 0.433 e. The van der Waals surface area contributed by atoms with Gasteiger partial charge in [-0.15, -0.1) is 0 Å². The van der Waals surface area contributed by atoms with E-state index in [1.807, 2.05) is 0 Å². The first kappa shape index (κ1) is 16.8. The number of nitro groups is 1. The highest BCUT2D eigenvalue weighted by atomic mass is 35.5. The molecule has 2 aromatic rings. The molecule has 0 saturated heterocycles. The molecule has 23 heavy (non-hydrogen) atoms. The first-order valence-electron chi connectivity index (χ1n) is 6.03. The summed E-state index contributed by atoms with van der Waals surface area (Å²) in [5.74, 6) is -2.64. The lowest BCUT2D eigenvalue weighted by molar-refractivity contribution is -0.402. The SMILES string of the molecule is O=C(COC(=O)c1ccc([N+](=O)[O-])o1)Nc1ccc(Cl)cc1Cl. The number of hydrogen-bond donors (Lipinski definition) is 1. The second kappa shape index (κ2) is 7.12. The highest BCUT2D eigenvalue weighted by Gasteiger charge is 2.19. The number of nitrogens with one attached hydrogen (secondary N) is 1. The van der Waals surface area contributed by atoms with Crippen molar-refractivity contribution < 1.29 is 23.7 Å². The fourth-order valence-electron chi connectivity index (χ4n) is 1.51. The molecule has 0 aliphatic heterocycles. The predicted octanol–water partition coefficient (Wildman–Crippen LogP) is 3.29. The minimum Gasteiger partial charge on any atom is -0.450 e. The molecule has 0 fully saturated rings. The minimum atomic E-state index is -1.00. The molecule has 0 aliphatic carbocycles. The molecule has 1 aromatic carbocycles. The molecule has 8 nitrogen and oxygen atoms in total. The maximum absolute atomic E-state index is 11.7. The Morgan fingerprint density at radius 2 is 2.00 bits per heavy atom. The molecule has 120 valence electrons. The monoisotopic (exact) mass is 358 g/mol. The number of rotatable bonds is 5. The number of nitrogens with zero attached hydrogens (tertiary/aromatic N) is 1. The average molecular weight is 359 g/mol. The van der Waals surface area contributed by atoms with Gasteiger partial charge in [-0.1, -0.05) is 23.2 Å². The average Bonchev–Trinajstić information content (AvgIpc) is 2.98. The Morgan fingerprint density at radius 3 is 2.61 bits per heavy atom. The van der Waals surface area contributed by atoms with Crippen LogP contribution in [0, 0.1) is 10.1 Å². The van der Waals surface area contributed by atoms with Gasteiger partial charge in [-0.05, 0) is 24.3 Å². The molecule has 1 aromatic heterocycles. The molecule has 0 bridgehead atoms. The molecule has 1 amide bonds. The Bertz CT molecular complexity index is 774. The topological polar surface area (TPSA) is 112 Å². The highest BCUT2D eigenvalue weighted by Crippen LogP contribution is 2.25. The van der Waals surface area contributed by atoms with Crippen molar-refractivity contribution in [2.75, 3.05) is 11.9 Å². The Hall–Kier alpha value is -2.58. The first-order valence-corrected chi connectivity index (χ1v) is 6.78. The van der Waals surface area contributed by atoms with Gasteiger partial charge in [0, 0.05) is 5.02 Å². The maximum Gasteiger partial charge on any atom is 0.433 e. The van der Waals surface area contributed by atoms with Crippen molar-refractivity contribution in [2.24, 2.45) is 0 Å². The summed E-state index contributed by atoms with van der Waals surface area (Å²) in [6, 6.07) is 6.53. The predicted molar refractivity (Wildman–Crippen MR) is 80.7 cm³/mol. The Balaban J connectivity index is 1.90. The van der Waals surface area contributed by atoms with Crippen LogP contribution in [-0.4, -0.2) is 23.4 Å². The van der Waals surface area contributed by atoms with Gasteiger partial charge in [0.1, 0.15) is 4.92 Å². The maximum atomic E-state index is 11.7. The molecule has 10 heteroatoms. The van der Waals surface area contributed by atoms with Crippen LogP contribution in [0.25, 0.3) is 0 Å². The molecule has 0 atom stereocenters. The number of anilines is 1. The van der Waals surface area contributed by atoms with Gasteiger partial charge in [0.2, 0.25) is 5.76 Å². The van der Waals surface area contributed by atoms with Crippen LogP contribution < -0.4 is 5.32 Å². The molecule has 0 saturated carbocycles. The molecular formula is C13H8Cl2N2O6. The largest absolute Gasteiger partial charge is 0.450 e. The van der Waals surface area contributed by atoms with Crippen LogP contribution >= 0.6 is 23.2 Å². The van der Waals surface area contributed by atoms with Crippen LogP contribution in [0.15, 0.2) is 34.7 Å². The summed E-state index contributed by atoms with van der Waals surface area (Å²) >= 11 is 11.6. The van der Waals surface area contributed by atoms with E-state index in [9.17, 15) is 19.7 Å². The number of hydrogen-bond acceptors (Lipinski definition) is 6. The quantitative estimate of drug-likeness (QED) is 0.498. The lowest BCUT2D eigenvalue weighted by atomic mass is 10.3. The number of ether oxygens (including phenoxy) is 1. The van der Waals surface area contributed by atoms with Crippen LogP contribution in [0.5, 0.6) is 0 Å². The van der Waals surface area contributed by atoms with Gasteiger partial charge in [0.25, 0.3) is 5.91 Å². The summed E-state index contributed by atoms with van der Waals surface area (Å²) in [5, 5.41) is 13.5. The number of furan rings is 1. The molecule has 0 aliphatic rings. The van der Waals surface area contributed by atoms with Crippen molar-refractivity contribution in [1.82, 2.24) is 0 Å². The van der Waals surface area contributed by atoms with Gasteiger partial charge >= 0.3 is 11.9 Å². The third kappa shape index (κ3) is 4.44. The van der Waals surface area contributed by atoms with Crippen molar-refractivity contribution in [1.29, 1.82) is 0 Å². The molecule has 0 radical (unpaired) electrons. The van der Waals surface area contributed by atoms with Crippen LogP contribution in [0.2, 0.25) is 10.0 Å². The molecule has 1 N–H and O–H groups in total. The van der Waals surface area contributed by atoms with Crippen molar-refractivity contribution in [3.63, 3.8) is 0 Å². The fraction of sp³-hybridized carbons (Fsp3) is 0.0769. The van der Waals surface area contributed by atoms with Gasteiger partial charge in [-0.3, -0.25) is 14.9 Å². The standard InChI is InChI=1S/C13H8Cl2N2O6/c14-7-1-2-9(8(15)5-7)16-11(18)6-22-13(19)10-3-4-12(23-10)17(20)21/h1-5H,6H2,(H,16,18). The first-order chi connectivity index (χ1) is 10.9. The van der Waals surface area contributed by atoms with Crippen molar-refractivity contribution in [3.8, 4) is 0 Å². The zero-order valence-corrected chi connectivity index (χ0v) is 12.8. The van der Waals surface area contributed by atoms with E-state index in [1.165, 1.54) is 18.2 Å². The van der Waals surface area contributed by atoms with Gasteiger partial charge in [0.05, 0.1) is 16.8 Å². The summed E-state index contributed by atoms with van der Waals surface area (Å²) in [5.41, 5.74) is 0.297. The molecular weight excluding hydrogens is 351 g/mol. The highest BCUT2D eigenvalue weighted by molar-refractivity contribution is 6.36.